The van der Waals surface area contributed by atoms with Crippen LogP contribution in [0.1, 0.15) is 94.1 Å². The van der Waals surface area contributed by atoms with Crippen molar-refractivity contribution in [2.75, 3.05) is 26.2 Å². The Hall–Kier alpha value is -2.68. The second-order valence-corrected chi connectivity index (χ2v) is 15.5. The Morgan fingerprint density at radius 1 is 0.881 bits per heavy atom. The summed E-state index contributed by atoms with van der Waals surface area (Å²) < 4.78 is 19.2. The first-order chi connectivity index (χ1) is 19.2. The fourth-order valence-corrected chi connectivity index (χ4v) is 6.07. The largest absolute Gasteiger partial charge is 0.444 e. The summed E-state index contributed by atoms with van der Waals surface area (Å²) >= 11 is 0. The summed E-state index contributed by atoms with van der Waals surface area (Å²) in [4.78, 5) is 46.8. The molecule has 1 aromatic carbocycles. The molecule has 2 heterocycles. The summed E-state index contributed by atoms with van der Waals surface area (Å²) in [6.45, 7) is 24.0. The van der Waals surface area contributed by atoms with Gasteiger partial charge in [0.25, 0.3) is 0 Å². The normalized spacial score (nSPS) is 24.9. The van der Waals surface area contributed by atoms with Gasteiger partial charge in [0.1, 0.15) is 17.5 Å². The SMILES string of the molecule is C[C@@H]1CN(C(=O)C2CN(C(C)(C)C)CC2c2ccc(F)cc2)[C@@H](C)CN1C(=O)[C@H](CC(C)(C)C)NC(=O)OC(C)(C)C. The van der Waals surface area contributed by atoms with Crippen molar-refractivity contribution in [1.82, 2.24) is 20.0 Å². The first-order valence-corrected chi connectivity index (χ1v) is 15.3. The van der Waals surface area contributed by atoms with E-state index in [1.54, 1.807) is 37.8 Å². The van der Waals surface area contributed by atoms with E-state index in [2.05, 4.69) is 31.0 Å². The molecule has 0 aromatic heterocycles. The molecule has 2 unspecified atom stereocenters. The van der Waals surface area contributed by atoms with Gasteiger partial charge in [-0.1, -0.05) is 32.9 Å². The molecule has 1 N–H and O–H groups in total. The molecule has 1 aromatic rings. The van der Waals surface area contributed by atoms with Crippen molar-refractivity contribution in [2.24, 2.45) is 11.3 Å². The second-order valence-electron chi connectivity index (χ2n) is 15.5. The highest BCUT2D eigenvalue weighted by atomic mass is 19.1. The van der Waals surface area contributed by atoms with Crippen molar-refractivity contribution >= 4 is 17.9 Å². The number of hydrogen-bond donors (Lipinski definition) is 1. The van der Waals surface area contributed by atoms with Crippen LogP contribution in [0.25, 0.3) is 0 Å². The van der Waals surface area contributed by atoms with E-state index in [9.17, 15) is 18.8 Å². The lowest BCUT2D eigenvalue weighted by Crippen LogP contribution is -2.63. The van der Waals surface area contributed by atoms with Gasteiger partial charge in [-0.25, -0.2) is 9.18 Å². The van der Waals surface area contributed by atoms with E-state index in [0.717, 1.165) is 12.1 Å². The fraction of sp³-hybridized carbons (Fsp3) is 0.727. The van der Waals surface area contributed by atoms with Gasteiger partial charge in [0.2, 0.25) is 11.8 Å². The Labute approximate surface area is 252 Å². The molecule has 236 valence electrons. The van der Waals surface area contributed by atoms with Gasteiger partial charge < -0.3 is 19.9 Å². The van der Waals surface area contributed by atoms with Crippen LogP contribution in [0.15, 0.2) is 24.3 Å². The van der Waals surface area contributed by atoms with E-state index < -0.39 is 17.7 Å². The maximum absolute atomic E-state index is 14.2. The summed E-state index contributed by atoms with van der Waals surface area (Å²) in [5, 5.41) is 2.82. The lowest BCUT2D eigenvalue weighted by Gasteiger charge is -2.46. The molecule has 2 aliphatic heterocycles. The van der Waals surface area contributed by atoms with Crippen molar-refractivity contribution in [2.45, 2.75) is 118 Å². The standard InChI is InChI=1S/C33H53FN4O4/c1-21-18-38(29(40)27(16-31(3,4)5)35-30(41)42-33(9,10)11)22(2)17-37(21)28(39)26-20-36(32(6,7)8)19-25(26)23-12-14-24(34)15-13-23/h12-15,21-22,25-27H,16-20H2,1-11H3,(H,35,41)/t21-,22+,25?,26?,27-/m0/s1. The van der Waals surface area contributed by atoms with Crippen LogP contribution in [0.3, 0.4) is 0 Å². The lowest BCUT2D eigenvalue weighted by atomic mass is 9.86. The molecular weight excluding hydrogens is 535 g/mol. The number of benzene rings is 1. The number of nitrogens with one attached hydrogen (secondary N) is 1. The van der Waals surface area contributed by atoms with Gasteiger partial charge in [-0.3, -0.25) is 14.5 Å². The number of nitrogens with zero attached hydrogens (tertiary/aromatic N) is 3. The molecule has 0 spiro atoms. The van der Waals surface area contributed by atoms with Crippen LogP contribution < -0.4 is 5.32 Å². The van der Waals surface area contributed by atoms with Crippen molar-refractivity contribution in [3.05, 3.63) is 35.6 Å². The summed E-state index contributed by atoms with van der Waals surface area (Å²) in [5.74, 6) is -0.698. The van der Waals surface area contributed by atoms with Gasteiger partial charge in [0, 0.05) is 49.7 Å². The number of carbonyl (C=O) groups excluding carboxylic acids is 3. The van der Waals surface area contributed by atoms with Crippen molar-refractivity contribution in [1.29, 1.82) is 0 Å². The monoisotopic (exact) mass is 588 g/mol. The molecule has 0 bridgehead atoms. The smallest absolute Gasteiger partial charge is 0.408 e. The van der Waals surface area contributed by atoms with Gasteiger partial charge in [0.15, 0.2) is 0 Å². The molecule has 42 heavy (non-hydrogen) atoms. The molecule has 0 radical (unpaired) electrons. The molecule has 0 saturated carbocycles. The number of amides is 3. The predicted molar refractivity (Wildman–Crippen MR) is 164 cm³/mol. The third-order valence-corrected chi connectivity index (χ3v) is 8.24. The zero-order valence-corrected chi connectivity index (χ0v) is 27.6. The quantitative estimate of drug-likeness (QED) is 0.497. The Morgan fingerprint density at radius 3 is 1.95 bits per heavy atom. The van der Waals surface area contributed by atoms with Crippen molar-refractivity contribution in [3.63, 3.8) is 0 Å². The highest BCUT2D eigenvalue weighted by molar-refractivity contribution is 5.87. The van der Waals surface area contributed by atoms with Crippen LogP contribution in [0.4, 0.5) is 9.18 Å². The Kier molecular flexibility index (Phi) is 10.1. The molecule has 0 aliphatic carbocycles. The molecular formula is C33H53FN4O4. The number of carbonyl (C=O) groups is 3. The number of halogens is 1. The summed E-state index contributed by atoms with van der Waals surface area (Å²) in [6.07, 6.45) is -0.161. The zero-order chi connectivity index (χ0) is 31.8. The van der Waals surface area contributed by atoms with E-state index in [4.69, 9.17) is 4.74 Å². The van der Waals surface area contributed by atoms with Crippen molar-refractivity contribution < 1.29 is 23.5 Å². The first kappa shape index (κ1) is 33.8. The summed E-state index contributed by atoms with van der Waals surface area (Å²) in [6, 6.07) is 5.34. The number of piperazine rings is 1. The van der Waals surface area contributed by atoms with E-state index >= 15 is 0 Å². The van der Waals surface area contributed by atoms with Crippen LogP contribution in [-0.4, -0.2) is 88.1 Å². The van der Waals surface area contributed by atoms with Gasteiger partial charge in [-0.15, -0.1) is 0 Å². The molecule has 3 amide bonds. The zero-order valence-electron chi connectivity index (χ0n) is 27.6. The number of likely N-dealkylation sites (tertiary alicyclic amines) is 1. The number of hydrogen-bond acceptors (Lipinski definition) is 5. The van der Waals surface area contributed by atoms with E-state index in [1.807, 2.05) is 39.5 Å². The molecule has 8 nitrogen and oxygen atoms in total. The summed E-state index contributed by atoms with van der Waals surface area (Å²) in [5.41, 5.74) is -0.0320. The molecule has 2 aliphatic rings. The Balaban J connectivity index is 1.79. The molecule has 3 rings (SSSR count). The fourth-order valence-electron chi connectivity index (χ4n) is 6.07. The van der Waals surface area contributed by atoms with Gasteiger partial charge >= 0.3 is 6.09 Å². The highest BCUT2D eigenvalue weighted by Crippen LogP contribution is 2.38. The van der Waals surface area contributed by atoms with Crippen LogP contribution >= 0.6 is 0 Å². The topological polar surface area (TPSA) is 82.2 Å². The summed E-state index contributed by atoms with van der Waals surface area (Å²) in [7, 11) is 0. The average molecular weight is 589 g/mol. The van der Waals surface area contributed by atoms with E-state index in [-0.39, 0.29) is 52.5 Å². The van der Waals surface area contributed by atoms with E-state index in [0.29, 0.717) is 26.1 Å². The van der Waals surface area contributed by atoms with Gasteiger partial charge in [-0.05, 0) is 84.9 Å². The van der Waals surface area contributed by atoms with Crippen molar-refractivity contribution in [3.8, 4) is 0 Å². The van der Waals surface area contributed by atoms with E-state index in [1.165, 1.54) is 12.1 Å². The third kappa shape index (κ3) is 8.68. The molecule has 5 atom stereocenters. The lowest BCUT2D eigenvalue weighted by molar-refractivity contribution is -0.149. The Morgan fingerprint density at radius 2 is 1.43 bits per heavy atom. The number of alkyl carbamates (subject to hydrolysis) is 1. The molecule has 2 saturated heterocycles. The first-order valence-electron chi connectivity index (χ1n) is 15.3. The third-order valence-electron chi connectivity index (χ3n) is 8.24. The second kappa shape index (κ2) is 12.5. The maximum atomic E-state index is 14.2. The van der Waals surface area contributed by atoms with Crippen LogP contribution in [0.2, 0.25) is 0 Å². The van der Waals surface area contributed by atoms with Gasteiger partial charge in [-0.2, -0.15) is 0 Å². The molecule has 9 heteroatoms. The average Bonchev–Trinajstić information content (AvgIpc) is 3.28. The minimum atomic E-state index is -0.741. The molecule has 2 fully saturated rings. The predicted octanol–water partition coefficient (Wildman–Crippen LogP) is 5.42. The van der Waals surface area contributed by atoms with Gasteiger partial charge in [0.05, 0.1) is 5.92 Å². The minimum absolute atomic E-state index is 0.0475. The Bertz CT molecular complexity index is 1120. The van der Waals surface area contributed by atoms with Crippen LogP contribution in [0, 0.1) is 17.2 Å². The maximum Gasteiger partial charge on any atom is 0.408 e. The van der Waals surface area contributed by atoms with Crippen LogP contribution in [-0.2, 0) is 14.3 Å². The minimum Gasteiger partial charge on any atom is -0.444 e. The number of rotatable bonds is 5. The number of ether oxygens (including phenoxy) is 1. The van der Waals surface area contributed by atoms with Crippen LogP contribution in [0.5, 0.6) is 0 Å². The highest BCUT2D eigenvalue weighted by Gasteiger charge is 2.46.